The van der Waals surface area contributed by atoms with Crippen LogP contribution in [0.4, 0.5) is 0 Å². The Bertz CT molecular complexity index is 789. The number of amides is 1. The smallest absolute Gasteiger partial charge is 0.387 e. The number of phosphoric ester groups is 1. The van der Waals surface area contributed by atoms with Gasteiger partial charge in [0.1, 0.15) is 13.2 Å². The van der Waals surface area contributed by atoms with Crippen LogP contribution in [0.25, 0.3) is 0 Å². The van der Waals surface area contributed by atoms with Gasteiger partial charge in [-0.15, -0.1) is 0 Å². The van der Waals surface area contributed by atoms with Gasteiger partial charge < -0.3 is 19.8 Å². The van der Waals surface area contributed by atoms with Gasteiger partial charge in [-0.25, -0.2) is 4.57 Å². The third kappa shape index (κ3) is 33.5. The van der Waals surface area contributed by atoms with E-state index < -0.39 is 20.0 Å². The van der Waals surface area contributed by atoms with Gasteiger partial charge in [-0.05, 0) is 19.3 Å². The monoisotopic (exact) mass is 690 g/mol. The van der Waals surface area contributed by atoms with Crippen molar-refractivity contribution >= 4 is 13.7 Å². The fourth-order valence-corrected chi connectivity index (χ4v) is 6.31. The average Bonchev–Trinajstić information content (AvgIpc) is 3.01. The number of nitrogens with one attached hydrogen (secondary N) is 1. The zero-order valence-corrected chi connectivity index (χ0v) is 32.4. The second kappa shape index (κ2) is 31.2. The van der Waals surface area contributed by atoms with Gasteiger partial charge in [-0.1, -0.05) is 161 Å². The summed E-state index contributed by atoms with van der Waals surface area (Å²) in [6.45, 7) is 4.79. The fraction of sp³-hybridized carbons (Fsp3) is 0.921. The number of carbonyl (C=O) groups excluding carboxylic acids is 1. The van der Waals surface area contributed by atoms with Crippen molar-refractivity contribution in [3.63, 3.8) is 0 Å². The molecule has 3 N–H and O–H groups in total. The zero-order valence-electron chi connectivity index (χ0n) is 31.5. The van der Waals surface area contributed by atoms with Gasteiger partial charge >= 0.3 is 7.82 Å². The molecule has 0 aromatic heterocycles. The summed E-state index contributed by atoms with van der Waals surface area (Å²) in [7, 11) is 1.58. The standard InChI is InChI=1S/C38H77N2O6P/c1-6-8-10-12-14-16-18-19-20-21-22-23-25-27-29-31-37(41)36(35-46-47(43,44)45-34-33-40(3,4)5)39-38(42)32-30-28-26-24-17-15-13-11-9-7-2/h29,31,36-37,41H,6-28,30,32-35H2,1-5H3,(H-,39,42,43,44)/p+1/b31-29+/t36-,37+/m0/s1. The molecule has 47 heavy (non-hydrogen) atoms. The summed E-state index contributed by atoms with van der Waals surface area (Å²) < 4.78 is 23.4. The molecule has 0 rings (SSSR count). The van der Waals surface area contributed by atoms with Gasteiger partial charge in [0.25, 0.3) is 0 Å². The largest absolute Gasteiger partial charge is 0.472 e. The van der Waals surface area contributed by atoms with Crippen molar-refractivity contribution in [1.82, 2.24) is 5.32 Å². The third-order valence-corrected chi connectivity index (χ3v) is 9.74. The zero-order chi connectivity index (χ0) is 35.1. The molecule has 1 amide bonds. The van der Waals surface area contributed by atoms with Crippen LogP contribution in [0.2, 0.25) is 0 Å². The number of likely N-dealkylation sites (N-methyl/N-ethyl adjacent to an activating group) is 1. The van der Waals surface area contributed by atoms with Crippen LogP contribution in [-0.2, 0) is 18.4 Å². The van der Waals surface area contributed by atoms with E-state index in [0.29, 0.717) is 17.4 Å². The number of rotatable bonds is 35. The second-order valence-corrected chi connectivity index (χ2v) is 16.1. The van der Waals surface area contributed by atoms with Crippen molar-refractivity contribution in [1.29, 1.82) is 0 Å². The van der Waals surface area contributed by atoms with Crippen LogP contribution in [0, 0.1) is 0 Å². The van der Waals surface area contributed by atoms with Crippen molar-refractivity contribution in [2.45, 2.75) is 187 Å². The summed E-state index contributed by atoms with van der Waals surface area (Å²) in [5.74, 6) is -0.180. The molecule has 0 spiro atoms. The van der Waals surface area contributed by atoms with Crippen LogP contribution in [0.1, 0.15) is 174 Å². The number of phosphoric acid groups is 1. The van der Waals surface area contributed by atoms with E-state index in [1.807, 2.05) is 27.2 Å². The topological polar surface area (TPSA) is 105 Å². The Kier molecular flexibility index (Phi) is 30.7. The van der Waals surface area contributed by atoms with Crippen molar-refractivity contribution in [3.8, 4) is 0 Å². The molecule has 0 heterocycles. The minimum absolute atomic E-state index is 0.0641. The van der Waals surface area contributed by atoms with Crippen LogP contribution in [0.5, 0.6) is 0 Å². The molecule has 0 aromatic carbocycles. The molecule has 0 radical (unpaired) electrons. The normalized spacial score (nSPS) is 14.8. The summed E-state index contributed by atoms with van der Waals surface area (Å²) in [5, 5.41) is 13.7. The minimum Gasteiger partial charge on any atom is -0.387 e. The highest BCUT2D eigenvalue weighted by molar-refractivity contribution is 7.47. The molecule has 9 heteroatoms. The van der Waals surface area contributed by atoms with Crippen molar-refractivity contribution in [2.24, 2.45) is 0 Å². The Labute approximate surface area is 291 Å². The van der Waals surface area contributed by atoms with Gasteiger partial charge in [0.2, 0.25) is 5.91 Å². The number of hydrogen-bond donors (Lipinski definition) is 3. The van der Waals surface area contributed by atoms with Gasteiger partial charge in [0.05, 0.1) is 39.9 Å². The highest BCUT2D eigenvalue weighted by Crippen LogP contribution is 2.43. The lowest BCUT2D eigenvalue weighted by molar-refractivity contribution is -0.870. The maximum Gasteiger partial charge on any atom is 0.472 e. The lowest BCUT2D eigenvalue weighted by Gasteiger charge is -2.25. The Morgan fingerprint density at radius 3 is 1.57 bits per heavy atom. The van der Waals surface area contributed by atoms with E-state index in [4.69, 9.17) is 9.05 Å². The molecule has 0 fully saturated rings. The molecule has 280 valence electrons. The van der Waals surface area contributed by atoms with Crippen molar-refractivity contribution in [2.75, 3.05) is 40.9 Å². The molecule has 0 aliphatic heterocycles. The third-order valence-electron chi connectivity index (χ3n) is 8.76. The number of aliphatic hydroxyl groups excluding tert-OH is 1. The predicted octanol–water partition coefficient (Wildman–Crippen LogP) is 10.0. The molecule has 0 saturated heterocycles. The Balaban J connectivity index is 4.50. The molecule has 0 aliphatic rings. The first-order valence-electron chi connectivity index (χ1n) is 19.6. The van der Waals surface area contributed by atoms with Crippen molar-refractivity contribution < 1.29 is 32.9 Å². The van der Waals surface area contributed by atoms with Gasteiger partial charge in [0.15, 0.2) is 0 Å². The number of nitrogens with zero attached hydrogens (tertiary/aromatic N) is 1. The van der Waals surface area contributed by atoms with E-state index in [2.05, 4.69) is 19.2 Å². The van der Waals surface area contributed by atoms with E-state index >= 15 is 0 Å². The molecule has 0 saturated carbocycles. The van der Waals surface area contributed by atoms with E-state index in [0.717, 1.165) is 38.5 Å². The van der Waals surface area contributed by atoms with E-state index in [1.54, 1.807) is 6.08 Å². The summed E-state index contributed by atoms with van der Waals surface area (Å²) in [6, 6.07) is -0.837. The van der Waals surface area contributed by atoms with Crippen LogP contribution in [0.15, 0.2) is 12.2 Å². The van der Waals surface area contributed by atoms with Crippen LogP contribution < -0.4 is 5.32 Å². The Hall–Kier alpha value is -0.760. The SMILES string of the molecule is CCCCCCCCCCCCCCC/C=C/[C@@H](O)[C@H](COP(=O)(O)OCC[N+](C)(C)C)NC(=O)CCCCCCCCCCCC. The summed E-state index contributed by atoms with van der Waals surface area (Å²) in [4.78, 5) is 22.9. The number of unbranched alkanes of at least 4 members (excludes halogenated alkanes) is 22. The lowest BCUT2D eigenvalue weighted by atomic mass is 10.0. The van der Waals surface area contributed by atoms with E-state index in [1.165, 1.54) is 116 Å². The maximum atomic E-state index is 12.7. The molecule has 0 bridgehead atoms. The van der Waals surface area contributed by atoms with Crippen LogP contribution >= 0.6 is 7.82 Å². The Morgan fingerprint density at radius 1 is 0.702 bits per heavy atom. The summed E-state index contributed by atoms with van der Waals surface area (Å²) in [5.41, 5.74) is 0. The molecule has 1 unspecified atom stereocenters. The average molecular weight is 690 g/mol. The van der Waals surface area contributed by atoms with Gasteiger partial charge in [-0.3, -0.25) is 13.8 Å². The maximum absolute atomic E-state index is 12.7. The first-order chi connectivity index (χ1) is 22.5. The number of carbonyl (C=O) groups is 1. The van der Waals surface area contributed by atoms with Crippen LogP contribution in [0.3, 0.4) is 0 Å². The number of quaternary nitrogens is 1. The number of aliphatic hydroxyl groups is 1. The highest BCUT2D eigenvalue weighted by atomic mass is 31.2. The number of allylic oxidation sites excluding steroid dienone is 1. The van der Waals surface area contributed by atoms with Gasteiger partial charge in [-0.2, -0.15) is 0 Å². The quantitative estimate of drug-likeness (QED) is 0.0265. The van der Waals surface area contributed by atoms with Crippen LogP contribution in [-0.4, -0.2) is 73.4 Å². The second-order valence-electron chi connectivity index (χ2n) is 14.7. The molecular weight excluding hydrogens is 611 g/mol. The molecular formula is C38H78N2O6P+. The summed E-state index contributed by atoms with van der Waals surface area (Å²) >= 11 is 0. The lowest BCUT2D eigenvalue weighted by Crippen LogP contribution is -2.45. The molecule has 0 aromatic rings. The fourth-order valence-electron chi connectivity index (χ4n) is 5.57. The Morgan fingerprint density at radius 2 is 1.13 bits per heavy atom. The predicted molar refractivity (Wildman–Crippen MR) is 198 cm³/mol. The first-order valence-corrected chi connectivity index (χ1v) is 21.1. The molecule has 8 nitrogen and oxygen atoms in total. The molecule has 0 aliphatic carbocycles. The highest BCUT2D eigenvalue weighted by Gasteiger charge is 2.27. The van der Waals surface area contributed by atoms with Gasteiger partial charge in [0, 0.05) is 6.42 Å². The van der Waals surface area contributed by atoms with E-state index in [9.17, 15) is 19.4 Å². The number of hydrogen-bond acceptors (Lipinski definition) is 5. The first kappa shape index (κ1) is 46.2. The summed E-state index contributed by atoms with van der Waals surface area (Å²) in [6.07, 6.45) is 32.7. The van der Waals surface area contributed by atoms with E-state index in [-0.39, 0.29) is 19.1 Å². The minimum atomic E-state index is -4.32. The van der Waals surface area contributed by atoms with Crippen molar-refractivity contribution in [3.05, 3.63) is 12.2 Å². The molecule has 3 atom stereocenters.